The number of aliphatic carboxylic acids is 1. The van der Waals surface area contributed by atoms with Crippen LogP contribution in [0, 0.1) is 11.3 Å². The zero-order valence-electron chi connectivity index (χ0n) is 10.9. The molecule has 3 N–H and O–H groups in total. The molecule has 0 radical (unpaired) electrons. The first-order chi connectivity index (χ1) is 8.36. The van der Waals surface area contributed by atoms with E-state index in [0.29, 0.717) is 6.54 Å². The zero-order valence-corrected chi connectivity index (χ0v) is 10.9. The molecule has 1 atom stereocenters. The lowest BCUT2D eigenvalue weighted by atomic mass is 9.76. The number of amides is 1. The van der Waals surface area contributed by atoms with Crippen LogP contribution in [0.1, 0.15) is 32.8 Å². The summed E-state index contributed by atoms with van der Waals surface area (Å²) in [5.41, 5.74) is -0.189. The van der Waals surface area contributed by atoms with E-state index in [1.807, 2.05) is 0 Å². The normalized spacial score (nSPS) is 14.2. The van der Waals surface area contributed by atoms with Crippen molar-refractivity contribution < 1.29 is 14.7 Å². The predicted molar refractivity (Wildman–Crippen MR) is 65.6 cm³/mol. The fraction of sp³-hybridized carbons (Fsp3) is 0.583. The molecule has 1 unspecified atom stereocenters. The van der Waals surface area contributed by atoms with Crippen LogP contribution in [0.25, 0.3) is 0 Å². The Morgan fingerprint density at radius 1 is 1.56 bits per heavy atom. The van der Waals surface area contributed by atoms with Crippen LogP contribution in [0.4, 0.5) is 0 Å². The Labute approximate surface area is 106 Å². The van der Waals surface area contributed by atoms with E-state index in [1.54, 1.807) is 33.2 Å². The number of carbonyl (C=O) groups excluding carboxylic acids is 1. The number of hydrogen-bond acceptors (Lipinski definition) is 3. The molecular formula is C12H19N3O3. The average molecular weight is 253 g/mol. The van der Waals surface area contributed by atoms with Crippen molar-refractivity contribution in [1.29, 1.82) is 0 Å². The van der Waals surface area contributed by atoms with Gasteiger partial charge in [0.05, 0.1) is 11.6 Å². The molecule has 0 saturated heterocycles. The Bertz CT molecular complexity index is 414. The molecule has 0 aliphatic rings. The molecule has 1 aromatic rings. The van der Waals surface area contributed by atoms with Crippen molar-refractivity contribution in [3.8, 4) is 0 Å². The molecule has 0 aliphatic carbocycles. The summed E-state index contributed by atoms with van der Waals surface area (Å²) in [5.74, 6) is -1.33. The SMILES string of the molecule is CC(C)C(C)(CC(=O)NCc1cn[nH]c1)C(=O)O. The molecule has 0 spiro atoms. The summed E-state index contributed by atoms with van der Waals surface area (Å²) in [5, 5.41) is 18.3. The summed E-state index contributed by atoms with van der Waals surface area (Å²) in [6, 6.07) is 0. The summed E-state index contributed by atoms with van der Waals surface area (Å²) >= 11 is 0. The number of carboxylic acid groups (broad SMARTS) is 1. The van der Waals surface area contributed by atoms with E-state index in [2.05, 4.69) is 15.5 Å². The van der Waals surface area contributed by atoms with Crippen LogP contribution >= 0.6 is 0 Å². The minimum Gasteiger partial charge on any atom is -0.481 e. The first-order valence-electron chi connectivity index (χ1n) is 5.84. The van der Waals surface area contributed by atoms with E-state index in [-0.39, 0.29) is 18.2 Å². The van der Waals surface area contributed by atoms with Gasteiger partial charge in [-0.05, 0) is 12.8 Å². The largest absolute Gasteiger partial charge is 0.481 e. The molecule has 1 rings (SSSR count). The maximum absolute atomic E-state index is 11.8. The number of nitrogens with one attached hydrogen (secondary N) is 2. The van der Waals surface area contributed by atoms with Crippen LogP contribution in [0.5, 0.6) is 0 Å². The van der Waals surface area contributed by atoms with Crippen molar-refractivity contribution >= 4 is 11.9 Å². The Hall–Kier alpha value is -1.85. The number of hydrogen-bond donors (Lipinski definition) is 3. The number of H-pyrrole nitrogens is 1. The highest BCUT2D eigenvalue weighted by Gasteiger charge is 2.38. The molecule has 100 valence electrons. The molecule has 1 amide bonds. The Morgan fingerprint density at radius 2 is 2.22 bits per heavy atom. The van der Waals surface area contributed by atoms with Gasteiger partial charge in [-0.25, -0.2) is 0 Å². The Kier molecular flexibility index (Phi) is 4.47. The van der Waals surface area contributed by atoms with Crippen molar-refractivity contribution in [3.05, 3.63) is 18.0 Å². The molecule has 0 aromatic carbocycles. The van der Waals surface area contributed by atoms with Crippen LogP contribution in [0.2, 0.25) is 0 Å². The number of aromatic nitrogens is 2. The first kappa shape index (κ1) is 14.2. The van der Waals surface area contributed by atoms with Crippen molar-refractivity contribution in [2.75, 3.05) is 0 Å². The number of carbonyl (C=O) groups is 2. The van der Waals surface area contributed by atoms with E-state index in [4.69, 9.17) is 0 Å². The van der Waals surface area contributed by atoms with Crippen LogP contribution in [-0.2, 0) is 16.1 Å². The molecule has 6 heteroatoms. The quantitative estimate of drug-likeness (QED) is 0.709. The number of aromatic amines is 1. The summed E-state index contributed by atoms with van der Waals surface area (Å²) in [4.78, 5) is 23.0. The standard InChI is InChI=1S/C12H19N3O3/c1-8(2)12(3,11(17)18)4-10(16)13-5-9-6-14-15-7-9/h6-8H,4-5H2,1-3H3,(H,13,16)(H,14,15)(H,17,18). The van der Waals surface area contributed by atoms with Crippen LogP contribution in [0.15, 0.2) is 12.4 Å². The highest BCUT2D eigenvalue weighted by atomic mass is 16.4. The van der Waals surface area contributed by atoms with Gasteiger partial charge in [0.1, 0.15) is 0 Å². The lowest BCUT2D eigenvalue weighted by Crippen LogP contribution is -2.39. The van der Waals surface area contributed by atoms with Crippen LogP contribution in [0.3, 0.4) is 0 Å². The van der Waals surface area contributed by atoms with Gasteiger partial charge in [0.15, 0.2) is 0 Å². The van der Waals surface area contributed by atoms with Crippen molar-refractivity contribution in [1.82, 2.24) is 15.5 Å². The lowest BCUT2D eigenvalue weighted by Gasteiger charge is -2.28. The van der Waals surface area contributed by atoms with Gasteiger partial charge in [0.25, 0.3) is 0 Å². The smallest absolute Gasteiger partial charge is 0.310 e. The van der Waals surface area contributed by atoms with Gasteiger partial charge in [0.2, 0.25) is 5.91 Å². The van der Waals surface area contributed by atoms with Crippen LogP contribution in [-0.4, -0.2) is 27.2 Å². The third kappa shape index (κ3) is 3.32. The molecule has 0 bridgehead atoms. The number of nitrogens with zero attached hydrogens (tertiary/aromatic N) is 1. The van der Waals surface area contributed by atoms with Gasteiger partial charge < -0.3 is 10.4 Å². The second-order valence-electron chi connectivity index (χ2n) is 4.94. The molecule has 1 heterocycles. The fourth-order valence-electron chi connectivity index (χ4n) is 1.50. The number of rotatable bonds is 6. The Morgan fingerprint density at radius 3 is 2.67 bits per heavy atom. The summed E-state index contributed by atoms with van der Waals surface area (Å²) < 4.78 is 0. The predicted octanol–water partition coefficient (Wildman–Crippen LogP) is 1.16. The van der Waals surface area contributed by atoms with E-state index in [1.165, 1.54) is 0 Å². The maximum atomic E-state index is 11.8. The van der Waals surface area contributed by atoms with Gasteiger partial charge >= 0.3 is 5.97 Å². The monoisotopic (exact) mass is 253 g/mol. The summed E-state index contributed by atoms with van der Waals surface area (Å²) in [6.45, 7) is 5.55. The minimum absolute atomic E-state index is 0.0299. The van der Waals surface area contributed by atoms with Crippen LogP contribution < -0.4 is 5.32 Å². The van der Waals surface area contributed by atoms with Gasteiger partial charge in [-0.15, -0.1) is 0 Å². The van der Waals surface area contributed by atoms with Crippen molar-refractivity contribution in [2.24, 2.45) is 11.3 Å². The molecule has 18 heavy (non-hydrogen) atoms. The second-order valence-corrected chi connectivity index (χ2v) is 4.94. The van der Waals surface area contributed by atoms with Gasteiger partial charge in [-0.1, -0.05) is 13.8 Å². The molecule has 1 aromatic heterocycles. The van der Waals surface area contributed by atoms with E-state index in [9.17, 15) is 14.7 Å². The fourth-order valence-corrected chi connectivity index (χ4v) is 1.50. The topological polar surface area (TPSA) is 95.1 Å². The maximum Gasteiger partial charge on any atom is 0.310 e. The van der Waals surface area contributed by atoms with E-state index >= 15 is 0 Å². The Balaban J connectivity index is 2.55. The highest BCUT2D eigenvalue weighted by molar-refractivity contribution is 5.84. The summed E-state index contributed by atoms with van der Waals surface area (Å²) in [6.07, 6.45) is 3.26. The second kappa shape index (κ2) is 5.66. The summed E-state index contributed by atoms with van der Waals surface area (Å²) in [7, 11) is 0. The van der Waals surface area contributed by atoms with Gasteiger partial charge in [-0.3, -0.25) is 14.7 Å². The van der Waals surface area contributed by atoms with Crippen molar-refractivity contribution in [3.63, 3.8) is 0 Å². The molecular weight excluding hydrogens is 234 g/mol. The van der Waals surface area contributed by atoms with Crippen molar-refractivity contribution in [2.45, 2.75) is 33.7 Å². The minimum atomic E-state index is -1.04. The third-order valence-corrected chi connectivity index (χ3v) is 3.34. The average Bonchev–Trinajstić information content (AvgIpc) is 2.78. The number of carboxylic acids is 1. The molecule has 6 nitrogen and oxygen atoms in total. The highest BCUT2D eigenvalue weighted by Crippen LogP contribution is 2.31. The van der Waals surface area contributed by atoms with Gasteiger partial charge in [-0.2, -0.15) is 5.10 Å². The van der Waals surface area contributed by atoms with E-state index < -0.39 is 11.4 Å². The third-order valence-electron chi connectivity index (χ3n) is 3.34. The molecule has 0 fully saturated rings. The van der Waals surface area contributed by atoms with Gasteiger partial charge in [0, 0.05) is 24.7 Å². The molecule has 0 aliphatic heterocycles. The zero-order chi connectivity index (χ0) is 13.8. The first-order valence-corrected chi connectivity index (χ1v) is 5.84. The lowest BCUT2D eigenvalue weighted by molar-refractivity contribution is -0.153. The molecule has 0 saturated carbocycles. The van der Waals surface area contributed by atoms with E-state index in [0.717, 1.165) is 5.56 Å².